The van der Waals surface area contributed by atoms with Crippen LogP contribution in [0.1, 0.15) is 41.9 Å². The fraction of sp³-hybridized carbons (Fsp3) is 0.478. The fourth-order valence-electron chi connectivity index (χ4n) is 3.79. The van der Waals surface area contributed by atoms with Crippen LogP contribution in [0.25, 0.3) is 0 Å². The predicted molar refractivity (Wildman–Crippen MR) is 104 cm³/mol. The molecular formula is C23H29F2N. The van der Waals surface area contributed by atoms with Crippen LogP contribution >= 0.6 is 0 Å². The molecule has 0 saturated heterocycles. The SMILES string of the molecule is CN(CCCc1ccc(C2CC(F)C(F)C2)cc1)CCc1ccccc1. The van der Waals surface area contributed by atoms with E-state index in [0.717, 1.165) is 37.9 Å². The topological polar surface area (TPSA) is 3.24 Å². The minimum absolute atomic E-state index is 0.0400. The van der Waals surface area contributed by atoms with Crippen molar-refractivity contribution in [2.75, 3.05) is 20.1 Å². The number of hydrogen-bond donors (Lipinski definition) is 0. The molecule has 0 radical (unpaired) electrons. The van der Waals surface area contributed by atoms with Crippen molar-refractivity contribution in [3.63, 3.8) is 0 Å². The maximum atomic E-state index is 13.4. The molecule has 0 aromatic heterocycles. The zero-order valence-electron chi connectivity index (χ0n) is 15.6. The Balaban J connectivity index is 1.38. The number of alkyl halides is 2. The van der Waals surface area contributed by atoms with E-state index < -0.39 is 12.3 Å². The van der Waals surface area contributed by atoms with E-state index in [9.17, 15) is 8.78 Å². The van der Waals surface area contributed by atoms with Gasteiger partial charge in [-0.1, -0.05) is 54.6 Å². The van der Waals surface area contributed by atoms with Crippen LogP contribution < -0.4 is 0 Å². The third-order valence-corrected chi connectivity index (χ3v) is 5.49. The molecule has 1 saturated carbocycles. The molecular weight excluding hydrogens is 328 g/mol. The molecule has 2 aromatic carbocycles. The molecule has 0 heterocycles. The minimum atomic E-state index is -1.29. The van der Waals surface area contributed by atoms with Gasteiger partial charge in [0.1, 0.15) is 12.3 Å². The molecule has 1 nitrogen and oxygen atoms in total. The lowest BCUT2D eigenvalue weighted by Gasteiger charge is -2.16. The molecule has 1 aliphatic carbocycles. The summed E-state index contributed by atoms with van der Waals surface area (Å²) in [6.07, 6.45) is 1.32. The van der Waals surface area contributed by atoms with Gasteiger partial charge in [0.2, 0.25) is 0 Å². The van der Waals surface area contributed by atoms with Gasteiger partial charge in [-0.15, -0.1) is 0 Å². The van der Waals surface area contributed by atoms with Gasteiger partial charge in [-0.05, 0) is 68.3 Å². The molecule has 26 heavy (non-hydrogen) atoms. The number of benzene rings is 2. The number of hydrogen-bond acceptors (Lipinski definition) is 1. The summed E-state index contributed by atoms with van der Waals surface area (Å²) in [7, 11) is 2.17. The third-order valence-electron chi connectivity index (χ3n) is 5.49. The van der Waals surface area contributed by atoms with Gasteiger partial charge in [0.15, 0.2) is 0 Å². The highest BCUT2D eigenvalue weighted by molar-refractivity contribution is 5.27. The Hall–Kier alpha value is -1.74. The van der Waals surface area contributed by atoms with Crippen LogP contribution in [-0.4, -0.2) is 37.4 Å². The predicted octanol–water partition coefficient (Wildman–Crippen LogP) is 5.35. The monoisotopic (exact) mass is 357 g/mol. The highest BCUT2D eigenvalue weighted by Gasteiger charge is 2.35. The first-order chi connectivity index (χ1) is 12.6. The zero-order chi connectivity index (χ0) is 18.4. The maximum Gasteiger partial charge on any atom is 0.132 e. The maximum absolute atomic E-state index is 13.4. The summed E-state index contributed by atoms with van der Waals surface area (Å²) in [4.78, 5) is 2.38. The summed E-state index contributed by atoms with van der Waals surface area (Å²) in [5.74, 6) is 0.0400. The van der Waals surface area contributed by atoms with Gasteiger partial charge in [0.25, 0.3) is 0 Å². The van der Waals surface area contributed by atoms with E-state index in [0.29, 0.717) is 12.8 Å². The lowest BCUT2D eigenvalue weighted by molar-refractivity contribution is 0.199. The molecule has 3 rings (SSSR count). The van der Waals surface area contributed by atoms with Crippen molar-refractivity contribution in [3.05, 3.63) is 71.3 Å². The van der Waals surface area contributed by atoms with Crippen LogP contribution in [0.2, 0.25) is 0 Å². The molecule has 2 aromatic rings. The summed E-state index contributed by atoms with van der Waals surface area (Å²) in [5.41, 5.74) is 3.77. The van der Waals surface area contributed by atoms with Crippen LogP contribution in [0.15, 0.2) is 54.6 Å². The number of rotatable bonds is 8. The van der Waals surface area contributed by atoms with Crippen molar-refractivity contribution in [1.82, 2.24) is 4.90 Å². The van der Waals surface area contributed by atoms with Gasteiger partial charge in [0, 0.05) is 6.54 Å². The van der Waals surface area contributed by atoms with Gasteiger partial charge >= 0.3 is 0 Å². The van der Waals surface area contributed by atoms with Crippen LogP contribution in [-0.2, 0) is 12.8 Å². The molecule has 0 aliphatic heterocycles. The second kappa shape index (κ2) is 9.27. The lowest BCUT2D eigenvalue weighted by atomic mass is 9.96. The Morgan fingerprint density at radius 2 is 1.42 bits per heavy atom. The Kier molecular flexibility index (Phi) is 6.79. The van der Waals surface area contributed by atoms with Gasteiger partial charge in [-0.25, -0.2) is 8.78 Å². The summed E-state index contributed by atoms with van der Waals surface area (Å²) < 4.78 is 26.7. The Labute approximate surface area is 156 Å². The van der Waals surface area contributed by atoms with Crippen molar-refractivity contribution in [2.45, 2.75) is 50.4 Å². The number of halogens is 2. The molecule has 2 atom stereocenters. The van der Waals surface area contributed by atoms with Gasteiger partial charge in [-0.3, -0.25) is 0 Å². The molecule has 0 amide bonds. The van der Waals surface area contributed by atoms with Crippen LogP contribution in [0, 0.1) is 0 Å². The van der Waals surface area contributed by atoms with Crippen molar-refractivity contribution in [2.24, 2.45) is 0 Å². The summed E-state index contributed by atoms with van der Waals surface area (Å²) in [5, 5.41) is 0. The van der Waals surface area contributed by atoms with Crippen LogP contribution in [0.3, 0.4) is 0 Å². The average molecular weight is 357 g/mol. The first kappa shape index (κ1) is 19.0. The number of nitrogens with zero attached hydrogens (tertiary/aromatic N) is 1. The largest absolute Gasteiger partial charge is 0.306 e. The third kappa shape index (κ3) is 5.38. The molecule has 2 unspecified atom stereocenters. The van der Waals surface area contributed by atoms with Crippen LogP contribution in [0.4, 0.5) is 8.78 Å². The standard InChI is InChI=1S/C23H29F2N/c1-26(15-13-18-6-3-2-4-7-18)14-5-8-19-9-11-20(12-10-19)21-16-22(24)23(25)17-21/h2-4,6-7,9-12,21-23H,5,8,13-17H2,1H3. The first-order valence-electron chi connectivity index (χ1n) is 9.71. The fourth-order valence-corrected chi connectivity index (χ4v) is 3.79. The van der Waals surface area contributed by atoms with E-state index in [1.807, 2.05) is 0 Å². The average Bonchev–Trinajstić information content (AvgIpc) is 3.00. The molecule has 1 aliphatic rings. The highest BCUT2D eigenvalue weighted by Crippen LogP contribution is 2.37. The smallest absolute Gasteiger partial charge is 0.132 e. The van der Waals surface area contributed by atoms with Gasteiger partial charge in [0.05, 0.1) is 0 Å². The molecule has 0 bridgehead atoms. The van der Waals surface area contributed by atoms with E-state index in [4.69, 9.17) is 0 Å². The van der Waals surface area contributed by atoms with E-state index in [2.05, 4.69) is 66.5 Å². The molecule has 140 valence electrons. The molecule has 1 fully saturated rings. The van der Waals surface area contributed by atoms with Crippen molar-refractivity contribution in [3.8, 4) is 0 Å². The molecule has 0 spiro atoms. The Morgan fingerprint density at radius 1 is 0.808 bits per heavy atom. The highest BCUT2D eigenvalue weighted by atomic mass is 19.2. The quantitative estimate of drug-likeness (QED) is 0.616. The summed E-state index contributed by atoms with van der Waals surface area (Å²) in [6, 6.07) is 18.9. The van der Waals surface area contributed by atoms with Crippen molar-refractivity contribution in [1.29, 1.82) is 0 Å². The van der Waals surface area contributed by atoms with Crippen molar-refractivity contribution >= 4 is 0 Å². The number of likely N-dealkylation sites (N-methyl/N-ethyl adjacent to an activating group) is 1. The summed E-state index contributed by atoms with van der Waals surface area (Å²) in [6.45, 7) is 2.14. The zero-order valence-corrected chi connectivity index (χ0v) is 15.6. The lowest BCUT2D eigenvalue weighted by Crippen LogP contribution is -2.22. The second-order valence-electron chi connectivity index (χ2n) is 7.58. The minimum Gasteiger partial charge on any atom is -0.306 e. The Bertz CT molecular complexity index is 646. The normalized spacial score (nSPS) is 22.8. The summed E-state index contributed by atoms with van der Waals surface area (Å²) >= 11 is 0. The number of aryl methyl sites for hydroxylation is 1. The van der Waals surface area contributed by atoms with Crippen LogP contribution in [0.5, 0.6) is 0 Å². The van der Waals surface area contributed by atoms with Gasteiger partial charge < -0.3 is 4.90 Å². The Morgan fingerprint density at radius 3 is 2.08 bits per heavy atom. The van der Waals surface area contributed by atoms with E-state index >= 15 is 0 Å². The van der Waals surface area contributed by atoms with E-state index in [-0.39, 0.29) is 5.92 Å². The molecule has 0 N–H and O–H groups in total. The molecule has 3 heteroatoms. The van der Waals surface area contributed by atoms with Crippen molar-refractivity contribution < 1.29 is 8.78 Å². The van der Waals surface area contributed by atoms with Gasteiger partial charge in [-0.2, -0.15) is 0 Å². The second-order valence-corrected chi connectivity index (χ2v) is 7.58. The van der Waals surface area contributed by atoms with E-state index in [1.165, 1.54) is 11.1 Å². The first-order valence-corrected chi connectivity index (χ1v) is 9.71. The van der Waals surface area contributed by atoms with E-state index in [1.54, 1.807) is 0 Å².